The van der Waals surface area contributed by atoms with E-state index >= 15 is 0 Å². The summed E-state index contributed by atoms with van der Waals surface area (Å²) in [5.41, 5.74) is 7.44. The predicted molar refractivity (Wildman–Crippen MR) is 86.2 cm³/mol. The zero-order chi connectivity index (χ0) is 14.4. The van der Waals surface area contributed by atoms with Gasteiger partial charge in [0.05, 0.1) is 0 Å². The van der Waals surface area contributed by atoms with E-state index in [1.165, 1.54) is 12.8 Å². The summed E-state index contributed by atoms with van der Waals surface area (Å²) in [5, 5.41) is 3.89. The van der Waals surface area contributed by atoms with Crippen LogP contribution in [-0.4, -0.2) is 30.0 Å². The van der Waals surface area contributed by atoms with Crippen LogP contribution in [-0.2, 0) is 6.42 Å². The van der Waals surface area contributed by atoms with Gasteiger partial charge in [-0.1, -0.05) is 24.6 Å². The summed E-state index contributed by atoms with van der Waals surface area (Å²) in [5.74, 6) is 0.0563. The zero-order valence-corrected chi connectivity index (χ0v) is 12.9. The lowest BCUT2D eigenvalue weighted by atomic mass is 9.94. The molecule has 0 aliphatic heterocycles. The van der Waals surface area contributed by atoms with Crippen LogP contribution in [0, 0.1) is 0 Å². The number of carbonyl (C=O) groups is 1. The highest BCUT2D eigenvalue weighted by atomic mass is 32.2. The van der Waals surface area contributed by atoms with E-state index in [1.807, 2.05) is 36.0 Å². The summed E-state index contributed by atoms with van der Waals surface area (Å²) < 4.78 is 0. The van der Waals surface area contributed by atoms with Crippen molar-refractivity contribution in [1.29, 1.82) is 0 Å². The van der Waals surface area contributed by atoms with Gasteiger partial charge in [-0.05, 0) is 50.1 Å². The Morgan fingerprint density at radius 1 is 1.40 bits per heavy atom. The summed E-state index contributed by atoms with van der Waals surface area (Å²) in [6.45, 7) is 0.572. The normalized spacial score (nSPS) is 22.5. The number of hydrogen-bond acceptors (Lipinski definition) is 3. The molecule has 0 spiro atoms. The van der Waals surface area contributed by atoms with Crippen molar-refractivity contribution >= 4 is 17.7 Å². The van der Waals surface area contributed by atoms with Crippen LogP contribution in [0.5, 0.6) is 0 Å². The molecule has 2 unspecified atom stereocenters. The molecule has 3 nitrogen and oxygen atoms in total. The smallest absolute Gasteiger partial charge is 0.251 e. The maximum atomic E-state index is 12.4. The lowest BCUT2D eigenvalue weighted by Gasteiger charge is -2.28. The fraction of sp³-hybridized carbons (Fsp3) is 0.562. The van der Waals surface area contributed by atoms with Crippen LogP contribution in [0.3, 0.4) is 0 Å². The van der Waals surface area contributed by atoms with E-state index in [4.69, 9.17) is 5.73 Å². The van der Waals surface area contributed by atoms with Crippen LogP contribution in [0.4, 0.5) is 0 Å². The van der Waals surface area contributed by atoms with Crippen molar-refractivity contribution in [3.63, 3.8) is 0 Å². The monoisotopic (exact) mass is 292 g/mol. The van der Waals surface area contributed by atoms with Crippen LogP contribution < -0.4 is 11.1 Å². The number of amides is 1. The Kier molecular flexibility index (Phi) is 5.92. The zero-order valence-electron chi connectivity index (χ0n) is 12.1. The maximum absolute atomic E-state index is 12.4. The van der Waals surface area contributed by atoms with Gasteiger partial charge >= 0.3 is 0 Å². The highest BCUT2D eigenvalue weighted by Gasteiger charge is 2.23. The second-order valence-electron chi connectivity index (χ2n) is 5.39. The highest BCUT2D eigenvalue weighted by molar-refractivity contribution is 7.99. The number of hydrogen-bond donors (Lipinski definition) is 2. The molecule has 20 heavy (non-hydrogen) atoms. The van der Waals surface area contributed by atoms with Crippen molar-refractivity contribution < 1.29 is 4.79 Å². The molecule has 2 rings (SSSR count). The molecule has 4 heteroatoms. The highest BCUT2D eigenvalue weighted by Crippen LogP contribution is 2.27. The second kappa shape index (κ2) is 7.70. The average molecular weight is 292 g/mol. The van der Waals surface area contributed by atoms with Gasteiger partial charge in [0.1, 0.15) is 0 Å². The molecule has 0 saturated heterocycles. The molecular formula is C16H24N2OS. The Morgan fingerprint density at radius 3 is 2.95 bits per heavy atom. The standard InChI is InChI=1S/C16H24N2OS/c1-20-14-7-4-6-13(11-14)18-16(19)15-8-3-2-5-12(15)9-10-17/h2-3,5,8,13-14H,4,6-7,9-11,17H2,1H3,(H,18,19). The molecule has 0 radical (unpaired) electrons. The van der Waals surface area contributed by atoms with Gasteiger partial charge in [0, 0.05) is 16.9 Å². The van der Waals surface area contributed by atoms with E-state index in [2.05, 4.69) is 11.6 Å². The van der Waals surface area contributed by atoms with Gasteiger partial charge in [-0.2, -0.15) is 11.8 Å². The van der Waals surface area contributed by atoms with Gasteiger partial charge in [0.25, 0.3) is 5.91 Å². The number of benzene rings is 1. The molecule has 1 amide bonds. The maximum Gasteiger partial charge on any atom is 0.251 e. The number of nitrogens with one attached hydrogen (secondary N) is 1. The van der Waals surface area contributed by atoms with Gasteiger partial charge in [0.2, 0.25) is 0 Å². The fourth-order valence-corrected chi connectivity index (χ4v) is 3.70. The molecule has 0 bridgehead atoms. The van der Waals surface area contributed by atoms with Crippen molar-refractivity contribution in [1.82, 2.24) is 5.32 Å². The third kappa shape index (κ3) is 4.00. The summed E-state index contributed by atoms with van der Waals surface area (Å²) in [6, 6.07) is 8.09. The first-order valence-corrected chi connectivity index (χ1v) is 8.65. The number of carbonyl (C=O) groups excluding carboxylic acids is 1. The Balaban J connectivity index is 2.01. The van der Waals surface area contributed by atoms with E-state index in [0.29, 0.717) is 17.8 Å². The Morgan fingerprint density at radius 2 is 2.20 bits per heavy atom. The molecule has 1 saturated carbocycles. The van der Waals surface area contributed by atoms with E-state index < -0.39 is 0 Å². The Bertz CT molecular complexity index is 450. The van der Waals surface area contributed by atoms with Crippen LogP contribution in [0.2, 0.25) is 0 Å². The molecule has 2 atom stereocenters. The van der Waals surface area contributed by atoms with Crippen LogP contribution in [0.25, 0.3) is 0 Å². The van der Waals surface area contributed by atoms with E-state index in [9.17, 15) is 4.79 Å². The number of nitrogens with two attached hydrogens (primary N) is 1. The first-order valence-electron chi connectivity index (χ1n) is 7.36. The lowest BCUT2D eigenvalue weighted by Crippen LogP contribution is -2.39. The summed E-state index contributed by atoms with van der Waals surface area (Å²) in [7, 11) is 0. The van der Waals surface area contributed by atoms with Gasteiger partial charge in [-0.15, -0.1) is 0 Å². The fourth-order valence-electron chi connectivity index (χ4n) is 2.87. The van der Waals surface area contributed by atoms with Crippen LogP contribution >= 0.6 is 11.8 Å². The third-order valence-corrected chi connectivity index (χ3v) is 5.07. The van der Waals surface area contributed by atoms with Crippen molar-refractivity contribution in [3.05, 3.63) is 35.4 Å². The van der Waals surface area contributed by atoms with Gasteiger partial charge in [0.15, 0.2) is 0 Å². The predicted octanol–water partition coefficient (Wildman–Crippen LogP) is 2.59. The van der Waals surface area contributed by atoms with Gasteiger partial charge < -0.3 is 11.1 Å². The molecule has 1 aromatic carbocycles. The molecule has 1 aliphatic carbocycles. The summed E-state index contributed by atoms with van der Waals surface area (Å²) >= 11 is 1.92. The Hall–Kier alpha value is -1.00. The van der Waals surface area contributed by atoms with Crippen molar-refractivity contribution in [2.75, 3.05) is 12.8 Å². The quantitative estimate of drug-likeness (QED) is 0.877. The first-order chi connectivity index (χ1) is 9.74. The van der Waals surface area contributed by atoms with Gasteiger partial charge in [-0.25, -0.2) is 0 Å². The van der Waals surface area contributed by atoms with Crippen molar-refractivity contribution in [2.24, 2.45) is 5.73 Å². The number of thioether (sulfide) groups is 1. The Labute approximate surface area is 125 Å². The minimum atomic E-state index is 0.0563. The molecule has 1 aromatic rings. The van der Waals surface area contributed by atoms with Crippen molar-refractivity contribution in [2.45, 2.75) is 43.4 Å². The van der Waals surface area contributed by atoms with Crippen LogP contribution in [0.1, 0.15) is 41.6 Å². The van der Waals surface area contributed by atoms with E-state index in [-0.39, 0.29) is 5.91 Å². The largest absolute Gasteiger partial charge is 0.349 e. The molecule has 1 aliphatic rings. The molecule has 0 aromatic heterocycles. The molecular weight excluding hydrogens is 268 g/mol. The second-order valence-corrected chi connectivity index (χ2v) is 6.53. The van der Waals surface area contributed by atoms with E-state index in [0.717, 1.165) is 30.4 Å². The first kappa shape index (κ1) is 15.4. The van der Waals surface area contributed by atoms with Crippen LogP contribution in [0.15, 0.2) is 24.3 Å². The average Bonchev–Trinajstić information content (AvgIpc) is 2.48. The summed E-state index contributed by atoms with van der Waals surface area (Å²) in [6.07, 6.45) is 7.58. The number of rotatable bonds is 5. The molecule has 110 valence electrons. The molecule has 0 heterocycles. The molecule has 1 fully saturated rings. The molecule has 3 N–H and O–H groups in total. The third-order valence-electron chi connectivity index (χ3n) is 3.97. The topological polar surface area (TPSA) is 55.1 Å². The van der Waals surface area contributed by atoms with E-state index in [1.54, 1.807) is 0 Å². The van der Waals surface area contributed by atoms with Gasteiger partial charge in [-0.3, -0.25) is 4.79 Å². The minimum absolute atomic E-state index is 0.0563. The van der Waals surface area contributed by atoms with Crippen molar-refractivity contribution in [3.8, 4) is 0 Å². The SMILES string of the molecule is CSC1CCCC(NC(=O)c2ccccc2CCN)C1. The lowest BCUT2D eigenvalue weighted by molar-refractivity contribution is 0.0927. The minimum Gasteiger partial charge on any atom is -0.349 e. The summed E-state index contributed by atoms with van der Waals surface area (Å²) in [4.78, 5) is 12.4.